The van der Waals surface area contributed by atoms with Crippen molar-refractivity contribution in [1.29, 1.82) is 0 Å². The van der Waals surface area contributed by atoms with Gasteiger partial charge in [0.15, 0.2) is 0 Å². The summed E-state index contributed by atoms with van der Waals surface area (Å²) in [5.74, 6) is 1.70. The Morgan fingerprint density at radius 1 is 1.24 bits per heavy atom. The minimum Gasteiger partial charge on any atom is -0.310 e. The van der Waals surface area contributed by atoms with E-state index in [1.165, 1.54) is 10.5 Å². The van der Waals surface area contributed by atoms with Gasteiger partial charge in [0.2, 0.25) is 0 Å². The van der Waals surface area contributed by atoms with E-state index >= 15 is 0 Å². The maximum absolute atomic E-state index is 4.65. The molecule has 0 aliphatic rings. The Hall–Kier alpha value is -1.39. The van der Waals surface area contributed by atoms with E-state index in [2.05, 4.69) is 60.3 Å². The summed E-state index contributed by atoms with van der Waals surface area (Å²) >= 11 is 1.77. The van der Waals surface area contributed by atoms with Crippen LogP contribution in [0.15, 0.2) is 41.4 Å². The van der Waals surface area contributed by atoms with Gasteiger partial charge in [-0.3, -0.25) is 0 Å². The summed E-state index contributed by atoms with van der Waals surface area (Å²) in [5.41, 5.74) is 2.27. The summed E-state index contributed by atoms with van der Waals surface area (Å²) in [7, 11) is 0. The molecule has 4 heteroatoms. The maximum atomic E-state index is 4.65. The molecule has 0 spiro atoms. The number of nitrogens with one attached hydrogen (secondary N) is 1. The van der Waals surface area contributed by atoms with Crippen LogP contribution in [0, 0.1) is 6.92 Å². The van der Waals surface area contributed by atoms with Crippen LogP contribution in [0.5, 0.6) is 0 Å². The molecule has 3 nitrogen and oxygen atoms in total. The van der Waals surface area contributed by atoms with Gasteiger partial charge in [-0.15, -0.1) is 11.8 Å². The lowest BCUT2D eigenvalue weighted by molar-refractivity contribution is 0.563. The smallest absolute Gasteiger partial charge is 0.138 e. The van der Waals surface area contributed by atoms with Crippen molar-refractivity contribution in [2.75, 3.05) is 6.54 Å². The fourth-order valence-corrected chi connectivity index (χ4v) is 2.94. The SMILES string of the molecule is CCCNC(C)c1cnc(CSc2ccccc2)nc1C. The minimum absolute atomic E-state index is 0.306. The number of nitrogens with zero attached hydrogens (tertiary/aromatic N) is 2. The molecular formula is C17H23N3S. The lowest BCUT2D eigenvalue weighted by Gasteiger charge is -2.15. The van der Waals surface area contributed by atoms with E-state index in [-0.39, 0.29) is 0 Å². The van der Waals surface area contributed by atoms with Gasteiger partial charge in [-0.25, -0.2) is 9.97 Å². The average Bonchev–Trinajstić information content (AvgIpc) is 2.51. The molecule has 1 aromatic carbocycles. The second-order valence-electron chi connectivity index (χ2n) is 5.10. The molecular weight excluding hydrogens is 278 g/mol. The van der Waals surface area contributed by atoms with Crippen molar-refractivity contribution in [1.82, 2.24) is 15.3 Å². The maximum Gasteiger partial charge on any atom is 0.138 e. The Morgan fingerprint density at radius 2 is 2.00 bits per heavy atom. The lowest BCUT2D eigenvalue weighted by atomic mass is 10.1. The molecule has 112 valence electrons. The zero-order valence-electron chi connectivity index (χ0n) is 13.0. The number of aromatic nitrogens is 2. The van der Waals surface area contributed by atoms with E-state index in [9.17, 15) is 0 Å². The first-order chi connectivity index (χ1) is 10.2. The largest absolute Gasteiger partial charge is 0.310 e. The van der Waals surface area contributed by atoms with Crippen LogP contribution in [-0.4, -0.2) is 16.5 Å². The van der Waals surface area contributed by atoms with Gasteiger partial charge in [-0.1, -0.05) is 25.1 Å². The first-order valence-electron chi connectivity index (χ1n) is 7.44. The van der Waals surface area contributed by atoms with E-state index in [1.807, 2.05) is 12.3 Å². The van der Waals surface area contributed by atoms with Gasteiger partial charge >= 0.3 is 0 Å². The van der Waals surface area contributed by atoms with Crippen LogP contribution in [0.2, 0.25) is 0 Å². The van der Waals surface area contributed by atoms with Gasteiger partial charge < -0.3 is 5.32 Å². The fourth-order valence-electron chi connectivity index (χ4n) is 2.15. The molecule has 2 rings (SSSR count). The number of hydrogen-bond acceptors (Lipinski definition) is 4. The molecule has 0 amide bonds. The monoisotopic (exact) mass is 301 g/mol. The third-order valence-corrected chi connectivity index (χ3v) is 4.35. The quantitative estimate of drug-likeness (QED) is 0.780. The molecule has 2 aromatic rings. The summed E-state index contributed by atoms with van der Waals surface area (Å²) in [4.78, 5) is 10.4. The summed E-state index contributed by atoms with van der Waals surface area (Å²) < 4.78 is 0. The van der Waals surface area contributed by atoms with E-state index in [4.69, 9.17) is 0 Å². The van der Waals surface area contributed by atoms with E-state index < -0.39 is 0 Å². The van der Waals surface area contributed by atoms with Gasteiger partial charge in [0.05, 0.1) is 5.75 Å². The average molecular weight is 301 g/mol. The van der Waals surface area contributed by atoms with Crippen molar-refractivity contribution in [2.45, 2.75) is 43.9 Å². The molecule has 1 N–H and O–H groups in total. The fraction of sp³-hybridized carbons (Fsp3) is 0.412. The van der Waals surface area contributed by atoms with Crippen molar-refractivity contribution in [3.8, 4) is 0 Å². The van der Waals surface area contributed by atoms with Crippen LogP contribution < -0.4 is 5.32 Å². The van der Waals surface area contributed by atoms with E-state index in [1.54, 1.807) is 11.8 Å². The molecule has 1 aromatic heterocycles. The van der Waals surface area contributed by atoms with Gasteiger partial charge in [0, 0.05) is 28.4 Å². The number of benzene rings is 1. The highest BCUT2D eigenvalue weighted by molar-refractivity contribution is 7.98. The summed E-state index contributed by atoms with van der Waals surface area (Å²) in [6.45, 7) is 7.43. The number of hydrogen-bond donors (Lipinski definition) is 1. The third-order valence-electron chi connectivity index (χ3n) is 3.35. The van der Waals surface area contributed by atoms with Crippen molar-refractivity contribution in [2.24, 2.45) is 0 Å². The molecule has 0 fully saturated rings. The van der Waals surface area contributed by atoms with Gasteiger partial charge in [0.1, 0.15) is 5.82 Å². The topological polar surface area (TPSA) is 37.8 Å². The van der Waals surface area contributed by atoms with Crippen molar-refractivity contribution < 1.29 is 0 Å². The summed E-state index contributed by atoms with van der Waals surface area (Å²) in [6, 6.07) is 10.7. The molecule has 0 saturated carbocycles. The number of aryl methyl sites for hydroxylation is 1. The van der Waals surface area contributed by atoms with Crippen LogP contribution >= 0.6 is 11.8 Å². The van der Waals surface area contributed by atoms with Gasteiger partial charge in [0.25, 0.3) is 0 Å². The minimum atomic E-state index is 0.306. The lowest BCUT2D eigenvalue weighted by Crippen LogP contribution is -2.21. The van der Waals surface area contributed by atoms with Gasteiger partial charge in [-0.05, 0) is 38.9 Å². The molecule has 0 saturated heterocycles. The predicted octanol–water partition coefficient (Wildman–Crippen LogP) is 4.14. The highest BCUT2D eigenvalue weighted by atomic mass is 32.2. The van der Waals surface area contributed by atoms with Crippen molar-refractivity contribution in [3.05, 3.63) is 53.6 Å². The Labute approximate surface area is 131 Å². The molecule has 1 heterocycles. The standard InChI is InChI=1S/C17H23N3S/c1-4-10-18-13(2)16-11-19-17(20-14(16)3)12-21-15-8-6-5-7-9-15/h5-9,11,13,18H,4,10,12H2,1-3H3. The zero-order valence-corrected chi connectivity index (χ0v) is 13.8. The van der Waals surface area contributed by atoms with E-state index in [0.717, 1.165) is 30.2 Å². The van der Waals surface area contributed by atoms with Crippen molar-refractivity contribution in [3.63, 3.8) is 0 Å². The Morgan fingerprint density at radius 3 is 2.67 bits per heavy atom. The Balaban J connectivity index is 1.98. The predicted molar refractivity (Wildman–Crippen MR) is 89.5 cm³/mol. The molecule has 1 unspecified atom stereocenters. The molecule has 0 bridgehead atoms. The molecule has 0 aliphatic heterocycles. The second-order valence-corrected chi connectivity index (χ2v) is 6.15. The molecule has 21 heavy (non-hydrogen) atoms. The second kappa shape index (κ2) is 8.15. The Kier molecular flexibility index (Phi) is 6.21. The molecule has 0 aliphatic carbocycles. The summed E-state index contributed by atoms with van der Waals surface area (Å²) in [6.07, 6.45) is 3.10. The normalized spacial score (nSPS) is 12.3. The van der Waals surface area contributed by atoms with Crippen LogP contribution in [-0.2, 0) is 5.75 Å². The zero-order chi connectivity index (χ0) is 15.1. The first kappa shape index (κ1) is 16.0. The highest BCUT2D eigenvalue weighted by Gasteiger charge is 2.10. The third kappa shape index (κ3) is 4.83. The molecule has 1 atom stereocenters. The molecule has 0 radical (unpaired) electrons. The Bertz CT molecular complexity index is 557. The van der Waals surface area contributed by atoms with E-state index in [0.29, 0.717) is 6.04 Å². The van der Waals surface area contributed by atoms with Crippen molar-refractivity contribution >= 4 is 11.8 Å². The van der Waals surface area contributed by atoms with Crippen LogP contribution in [0.4, 0.5) is 0 Å². The summed E-state index contributed by atoms with van der Waals surface area (Å²) in [5, 5.41) is 3.48. The number of thioether (sulfide) groups is 1. The van der Waals surface area contributed by atoms with Gasteiger partial charge in [-0.2, -0.15) is 0 Å². The number of rotatable bonds is 7. The van der Waals surface area contributed by atoms with Crippen LogP contribution in [0.1, 0.15) is 43.4 Å². The van der Waals surface area contributed by atoms with Crippen LogP contribution in [0.3, 0.4) is 0 Å². The first-order valence-corrected chi connectivity index (χ1v) is 8.43. The van der Waals surface area contributed by atoms with Crippen LogP contribution in [0.25, 0.3) is 0 Å². The highest BCUT2D eigenvalue weighted by Crippen LogP contribution is 2.22.